The zero-order chi connectivity index (χ0) is 77.8. The van der Waals surface area contributed by atoms with E-state index in [0.717, 1.165) is 108 Å². The smallest absolute Gasteiger partial charge is 0.0540 e. The summed E-state index contributed by atoms with van der Waals surface area (Å²) in [7, 11) is 0. The molecule has 0 saturated heterocycles. The first-order valence-electron chi connectivity index (χ1n) is 40.2. The molecule has 20 rings (SSSR count). The lowest BCUT2D eigenvalue weighted by molar-refractivity contribution is 1.22. The highest BCUT2D eigenvalue weighted by Gasteiger charge is 2.26. The maximum absolute atomic E-state index is 2.41. The van der Waals surface area contributed by atoms with Crippen molar-refractivity contribution in [1.29, 1.82) is 0 Å². The molecule has 0 spiro atoms. The first-order chi connectivity index (χ1) is 58.0. The molecule has 0 aliphatic heterocycles. The average molecular weight is 1490 g/mol. The van der Waals surface area contributed by atoms with Crippen molar-refractivity contribution >= 4 is 79.0 Å². The second-order valence-electron chi connectivity index (χ2n) is 30.0. The van der Waals surface area contributed by atoms with Gasteiger partial charge in [-0.15, -0.1) is 0 Å². The van der Waals surface area contributed by atoms with Crippen molar-refractivity contribution in [3.63, 3.8) is 0 Å². The maximum atomic E-state index is 2.41. The van der Waals surface area contributed by atoms with Gasteiger partial charge in [0.2, 0.25) is 0 Å². The fraction of sp³-hybridized carbons (Fsp3) is 0.00885. The van der Waals surface area contributed by atoms with Crippen LogP contribution in [0.25, 0.3) is 111 Å². The van der Waals surface area contributed by atoms with E-state index in [1.165, 1.54) is 88.7 Å². The van der Waals surface area contributed by atoms with E-state index in [2.05, 4.69) is 493 Å². The van der Waals surface area contributed by atoms with E-state index in [-0.39, 0.29) is 0 Å². The fourth-order valence-corrected chi connectivity index (χ4v) is 16.9. The molecule has 19 aromatic rings. The lowest BCUT2D eigenvalue weighted by Crippen LogP contribution is -2.10. The van der Waals surface area contributed by atoms with E-state index >= 15 is 0 Å². The summed E-state index contributed by atoms with van der Waals surface area (Å²) in [6.45, 7) is 0. The third-order valence-corrected chi connectivity index (χ3v) is 22.9. The number of para-hydroxylation sites is 1. The van der Waals surface area contributed by atoms with E-state index < -0.39 is 0 Å². The van der Waals surface area contributed by atoms with E-state index in [1.807, 2.05) is 0 Å². The summed E-state index contributed by atoms with van der Waals surface area (Å²) in [5, 5.41) is 2.44. The fourth-order valence-electron chi connectivity index (χ4n) is 16.9. The van der Waals surface area contributed by atoms with Crippen molar-refractivity contribution in [3.05, 3.63) is 484 Å². The van der Waals surface area contributed by atoms with Gasteiger partial charge in [-0.25, -0.2) is 0 Å². The quantitative estimate of drug-likeness (QED) is 0.0754. The minimum absolute atomic E-state index is 0.836. The number of anilines is 12. The molecule has 0 N–H and O–H groups in total. The van der Waals surface area contributed by atoms with E-state index in [1.54, 1.807) is 0 Å². The molecule has 0 fully saturated rings. The van der Waals surface area contributed by atoms with Crippen molar-refractivity contribution in [2.24, 2.45) is 0 Å². The maximum Gasteiger partial charge on any atom is 0.0540 e. The van der Waals surface area contributed by atoms with Gasteiger partial charge in [0.25, 0.3) is 0 Å². The number of hydrogen-bond acceptors (Lipinski definition) is 4. The van der Waals surface area contributed by atoms with E-state index in [0.29, 0.717) is 0 Å². The van der Waals surface area contributed by atoms with Crippen molar-refractivity contribution in [3.8, 4) is 100 Å². The molecule has 4 nitrogen and oxygen atoms in total. The Hall–Kier alpha value is -15.4. The summed E-state index contributed by atoms with van der Waals surface area (Å²) in [4.78, 5) is 9.51. The van der Waals surface area contributed by atoms with Crippen LogP contribution >= 0.6 is 0 Å². The molecule has 0 saturated carbocycles. The number of hydrogen-bond donors (Lipinski definition) is 0. The number of nitrogens with zero attached hydrogens (tertiary/aromatic N) is 4. The van der Waals surface area contributed by atoms with E-state index in [9.17, 15) is 0 Å². The first-order valence-corrected chi connectivity index (χ1v) is 40.2. The van der Waals surface area contributed by atoms with Crippen molar-refractivity contribution in [2.75, 3.05) is 19.6 Å². The monoisotopic (exact) mass is 1490 g/mol. The first kappa shape index (κ1) is 70.7. The zero-order valence-corrected chi connectivity index (χ0v) is 64.5. The van der Waals surface area contributed by atoms with Gasteiger partial charge in [-0.1, -0.05) is 334 Å². The average Bonchev–Trinajstić information content (AvgIpc) is 1.68. The molecule has 1 aliphatic rings. The predicted molar refractivity (Wildman–Crippen MR) is 494 cm³/mol. The number of fused-ring (bicyclic) bond motifs is 4. The van der Waals surface area contributed by atoms with Crippen LogP contribution < -0.4 is 19.6 Å². The summed E-state index contributed by atoms with van der Waals surface area (Å²) in [6.07, 6.45) is 0.836. The van der Waals surface area contributed by atoms with Gasteiger partial charge in [0.1, 0.15) is 0 Å². The topological polar surface area (TPSA) is 13.0 Å². The lowest BCUT2D eigenvalue weighted by Gasteiger charge is -2.27. The lowest BCUT2D eigenvalue weighted by atomic mass is 9.97. The van der Waals surface area contributed by atoms with Crippen LogP contribution in [0.1, 0.15) is 11.1 Å². The van der Waals surface area contributed by atoms with Crippen LogP contribution in [0.5, 0.6) is 0 Å². The van der Waals surface area contributed by atoms with Gasteiger partial charge in [-0.3, -0.25) is 0 Å². The van der Waals surface area contributed by atoms with Gasteiger partial charge in [-0.05, 0) is 263 Å². The highest BCUT2D eigenvalue weighted by molar-refractivity contribution is 6.00. The van der Waals surface area contributed by atoms with Crippen LogP contribution in [0, 0.1) is 0 Å². The highest BCUT2D eigenvalue weighted by Crippen LogP contribution is 2.48. The van der Waals surface area contributed by atoms with Gasteiger partial charge in [-0.2, -0.15) is 0 Å². The third kappa shape index (κ3) is 14.5. The molecule has 0 heterocycles. The molecule has 0 amide bonds. The Morgan fingerprint density at radius 1 is 0.137 bits per heavy atom. The summed E-state index contributed by atoms with van der Waals surface area (Å²) in [5.74, 6) is 0. The molecule has 0 unspecified atom stereocenters. The van der Waals surface area contributed by atoms with Crippen LogP contribution in [0.15, 0.2) is 473 Å². The SMILES string of the molecule is c1ccc(-c2ccc(N(c3ccc(-c4ccccc4)cc3)c3ccc(-c4ccc(N(c5ccc(-c6ccccc6)cc5)c5ccc(-c6ccc(-c7ccc(-c8ccc(N(c9ccc(-c%10ccccc%10)cc9)c9ccc%10c(c9)Cc9cc(N(c%11ccccc%11)c%11cccc%12ccccc%11%12)ccc9-%10)cc8)cc7)cc6)cc5)cc4)cc3)cc2)cc1. The molecule has 1 aliphatic carbocycles. The minimum atomic E-state index is 0.836. The standard InChI is InChI=1S/C113H80N4/c1-6-19-80(20-7-1)88-41-57-100(58-42-88)114(101-59-43-89(44-60-101)81-21-8-2-9-22-81)104-65-51-94(52-66-104)95-53-67-105(68-54-95)115(102-61-45-90(46-62-102)82-23-10-3-11-24-82)103-63-49-92(50-64-103)86-37-33-84(34-38-86)85-35-39-87(40-36-85)93-55-71-107(72-56-93)116(106-69-47-91(48-70-106)83-25-12-4-13-26-83)108-73-75-110-97(78-108)77-98-79-109(74-76-111(98)110)117(99-29-14-5-15-30-99)113-32-18-28-96-27-16-17-31-112(96)113/h1-76,78-79H,77H2. The zero-order valence-electron chi connectivity index (χ0n) is 64.5. The van der Waals surface area contributed by atoms with Gasteiger partial charge in [0.15, 0.2) is 0 Å². The second kappa shape index (κ2) is 31.7. The molecule has 0 bridgehead atoms. The molecular weight excluding hydrogens is 1410 g/mol. The Kier molecular flexibility index (Phi) is 19.1. The predicted octanol–water partition coefficient (Wildman–Crippen LogP) is 31.6. The Morgan fingerprint density at radius 2 is 0.333 bits per heavy atom. The third-order valence-electron chi connectivity index (χ3n) is 22.9. The molecule has 117 heavy (non-hydrogen) atoms. The largest absolute Gasteiger partial charge is 0.311 e. The number of rotatable bonds is 20. The molecule has 0 atom stereocenters. The molecule has 19 aromatic carbocycles. The van der Waals surface area contributed by atoms with Crippen molar-refractivity contribution in [1.82, 2.24) is 0 Å². The Balaban J connectivity index is 0.543. The summed E-state index contributed by atoms with van der Waals surface area (Å²) >= 11 is 0. The molecule has 552 valence electrons. The Morgan fingerprint density at radius 3 is 0.615 bits per heavy atom. The normalized spacial score (nSPS) is 11.4. The van der Waals surface area contributed by atoms with E-state index in [4.69, 9.17) is 0 Å². The summed E-state index contributed by atoms with van der Waals surface area (Å²) in [6, 6.07) is 172. The van der Waals surface area contributed by atoms with Crippen LogP contribution in [-0.4, -0.2) is 0 Å². The second-order valence-corrected chi connectivity index (χ2v) is 30.0. The molecule has 0 radical (unpaired) electrons. The Bertz CT molecular complexity index is 6560. The van der Waals surface area contributed by atoms with Gasteiger partial charge >= 0.3 is 0 Å². The van der Waals surface area contributed by atoms with Crippen LogP contribution in [0.2, 0.25) is 0 Å². The van der Waals surface area contributed by atoms with Gasteiger partial charge in [0.05, 0.1) is 5.69 Å². The van der Waals surface area contributed by atoms with Crippen LogP contribution in [0.3, 0.4) is 0 Å². The van der Waals surface area contributed by atoms with Gasteiger partial charge < -0.3 is 19.6 Å². The van der Waals surface area contributed by atoms with Gasteiger partial charge in [0, 0.05) is 67.9 Å². The molecular formula is C113H80N4. The summed E-state index contributed by atoms with van der Waals surface area (Å²) in [5.41, 5.74) is 37.2. The minimum Gasteiger partial charge on any atom is -0.311 e. The van der Waals surface area contributed by atoms with Crippen LogP contribution in [-0.2, 0) is 6.42 Å². The summed E-state index contributed by atoms with van der Waals surface area (Å²) < 4.78 is 0. The molecule has 0 aromatic heterocycles. The highest BCUT2D eigenvalue weighted by atomic mass is 15.2. The van der Waals surface area contributed by atoms with Crippen LogP contribution in [0.4, 0.5) is 68.2 Å². The van der Waals surface area contributed by atoms with Crippen molar-refractivity contribution in [2.45, 2.75) is 6.42 Å². The molecule has 4 heteroatoms. The Labute approximate surface area is 684 Å². The number of benzene rings is 19. The van der Waals surface area contributed by atoms with Crippen molar-refractivity contribution < 1.29 is 0 Å².